The Kier molecular flexibility index (Phi) is 7.51. The van der Waals surface area contributed by atoms with E-state index in [1.807, 2.05) is 4.90 Å². The molecule has 124 valence electrons. The summed E-state index contributed by atoms with van der Waals surface area (Å²) in [6.45, 7) is 10.0. The molecule has 1 amide bonds. The van der Waals surface area contributed by atoms with Crippen LogP contribution in [0.3, 0.4) is 0 Å². The van der Waals surface area contributed by atoms with Crippen LogP contribution in [0.5, 0.6) is 5.75 Å². The second-order valence-electron chi connectivity index (χ2n) is 5.59. The maximum Gasteiger partial charge on any atom is 0.263 e. The highest BCUT2D eigenvalue weighted by Gasteiger charge is 2.29. The molecule has 5 heteroatoms. The van der Waals surface area contributed by atoms with E-state index in [2.05, 4.69) is 27.7 Å². The fraction of sp³-hybridized carbons (Fsp3) is 0.588. The van der Waals surface area contributed by atoms with E-state index in [0.717, 1.165) is 12.8 Å². The molecule has 3 atom stereocenters. The second-order valence-corrected chi connectivity index (χ2v) is 6.44. The topological polar surface area (TPSA) is 29.5 Å². The third kappa shape index (κ3) is 4.79. The van der Waals surface area contributed by atoms with E-state index in [4.69, 9.17) is 27.9 Å². The van der Waals surface area contributed by atoms with Gasteiger partial charge in [0.05, 0.1) is 5.02 Å². The van der Waals surface area contributed by atoms with Gasteiger partial charge in [0.15, 0.2) is 6.10 Å². The molecule has 0 aliphatic rings. The van der Waals surface area contributed by atoms with E-state index in [0.29, 0.717) is 15.8 Å². The summed E-state index contributed by atoms with van der Waals surface area (Å²) < 4.78 is 5.75. The summed E-state index contributed by atoms with van der Waals surface area (Å²) in [6.07, 6.45) is 1.22. The van der Waals surface area contributed by atoms with Crippen LogP contribution in [0.4, 0.5) is 0 Å². The van der Waals surface area contributed by atoms with Gasteiger partial charge >= 0.3 is 0 Å². The molecule has 0 radical (unpaired) electrons. The van der Waals surface area contributed by atoms with Gasteiger partial charge in [-0.05, 0) is 51.8 Å². The number of nitrogens with zero attached hydrogens (tertiary/aromatic N) is 1. The molecule has 1 rings (SSSR count). The lowest BCUT2D eigenvalue weighted by molar-refractivity contribution is -0.142. The summed E-state index contributed by atoms with van der Waals surface area (Å²) in [7, 11) is 0. The molecule has 0 aliphatic carbocycles. The average molecular weight is 346 g/mol. The van der Waals surface area contributed by atoms with E-state index in [-0.39, 0.29) is 18.0 Å². The second kappa shape index (κ2) is 8.64. The molecule has 0 aromatic heterocycles. The van der Waals surface area contributed by atoms with Gasteiger partial charge in [0.1, 0.15) is 5.75 Å². The highest BCUT2D eigenvalue weighted by molar-refractivity contribution is 6.35. The molecule has 0 aliphatic heterocycles. The fourth-order valence-electron chi connectivity index (χ4n) is 2.28. The van der Waals surface area contributed by atoms with Crippen LogP contribution in [0.2, 0.25) is 10.0 Å². The van der Waals surface area contributed by atoms with Crippen molar-refractivity contribution in [3.8, 4) is 5.75 Å². The largest absolute Gasteiger partial charge is 0.479 e. The van der Waals surface area contributed by atoms with Crippen LogP contribution >= 0.6 is 23.2 Å². The van der Waals surface area contributed by atoms with Crippen molar-refractivity contribution in [2.75, 3.05) is 0 Å². The summed E-state index contributed by atoms with van der Waals surface area (Å²) in [5.74, 6) is 0.454. The number of hydrogen-bond donors (Lipinski definition) is 0. The number of rotatable bonds is 7. The summed E-state index contributed by atoms with van der Waals surface area (Å²) in [6, 6.07) is 5.34. The summed E-state index contributed by atoms with van der Waals surface area (Å²) >= 11 is 12.0. The number of benzene rings is 1. The Hall–Kier alpha value is -0.930. The van der Waals surface area contributed by atoms with Crippen LogP contribution in [0.15, 0.2) is 18.2 Å². The molecule has 0 bridgehead atoms. The number of hydrogen-bond acceptors (Lipinski definition) is 2. The standard InChI is InChI=1S/C17H25Cl2NO2/c1-6-11(3)20(12(4)7-2)17(21)13(5)22-16-9-8-14(18)10-15(16)19/h8-13H,6-7H2,1-5H3. The van der Waals surface area contributed by atoms with E-state index in [9.17, 15) is 4.79 Å². The zero-order valence-electron chi connectivity index (χ0n) is 13.9. The highest BCUT2D eigenvalue weighted by Crippen LogP contribution is 2.28. The van der Waals surface area contributed by atoms with E-state index < -0.39 is 6.10 Å². The molecular formula is C17H25Cl2NO2. The first-order valence-electron chi connectivity index (χ1n) is 7.75. The van der Waals surface area contributed by atoms with Crippen LogP contribution in [-0.2, 0) is 4.79 Å². The first kappa shape index (κ1) is 19.1. The third-order valence-electron chi connectivity index (χ3n) is 3.93. The van der Waals surface area contributed by atoms with Crippen molar-refractivity contribution in [3.63, 3.8) is 0 Å². The van der Waals surface area contributed by atoms with Crippen molar-refractivity contribution >= 4 is 29.1 Å². The van der Waals surface area contributed by atoms with Crippen molar-refractivity contribution in [2.45, 2.75) is 65.6 Å². The Morgan fingerprint density at radius 3 is 2.14 bits per heavy atom. The molecule has 0 heterocycles. The molecule has 0 N–H and O–H groups in total. The van der Waals surface area contributed by atoms with Gasteiger partial charge in [0.2, 0.25) is 0 Å². The van der Waals surface area contributed by atoms with E-state index in [1.54, 1.807) is 25.1 Å². The van der Waals surface area contributed by atoms with Crippen LogP contribution in [0.25, 0.3) is 0 Å². The van der Waals surface area contributed by atoms with Crippen LogP contribution in [0, 0.1) is 0 Å². The van der Waals surface area contributed by atoms with Gasteiger partial charge in [0, 0.05) is 17.1 Å². The number of carbonyl (C=O) groups excluding carboxylic acids is 1. The molecule has 3 unspecified atom stereocenters. The third-order valence-corrected chi connectivity index (χ3v) is 4.46. The average Bonchev–Trinajstić information content (AvgIpc) is 2.49. The zero-order valence-corrected chi connectivity index (χ0v) is 15.4. The van der Waals surface area contributed by atoms with Gasteiger partial charge in [0.25, 0.3) is 5.91 Å². The van der Waals surface area contributed by atoms with Crippen molar-refractivity contribution in [1.82, 2.24) is 4.90 Å². The quantitative estimate of drug-likeness (QED) is 0.680. The normalized spacial score (nSPS) is 15.0. The molecule has 0 fully saturated rings. The van der Waals surface area contributed by atoms with Crippen molar-refractivity contribution in [2.24, 2.45) is 0 Å². The zero-order chi connectivity index (χ0) is 16.9. The number of ether oxygens (including phenoxy) is 1. The smallest absolute Gasteiger partial charge is 0.263 e. The molecular weight excluding hydrogens is 321 g/mol. The predicted octanol–water partition coefficient (Wildman–Crippen LogP) is 5.19. The molecule has 0 saturated heterocycles. The van der Waals surface area contributed by atoms with Crippen molar-refractivity contribution in [3.05, 3.63) is 28.2 Å². The van der Waals surface area contributed by atoms with Crippen LogP contribution in [-0.4, -0.2) is 29.0 Å². The van der Waals surface area contributed by atoms with Crippen LogP contribution in [0.1, 0.15) is 47.5 Å². The molecule has 1 aromatic carbocycles. The number of carbonyl (C=O) groups is 1. The fourth-order valence-corrected chi connectivity index (χ4v) is 2.74. The van der Waals surface area contributed by atoms with Crippen LogP contribution < -0.4 is 4.74 Å². The lowest BCUT2D eigenvalue weighted by atomic mass is 10.1. The lowest BCUT2D eigenvalue weighted by Gasteiger charge is -2.35. The first-order valence-corrected chi connectivity index (χ1v) is 8.51. The molecule has 0 spiro atoms. The Morgan fingerprint density at radius 2 is 1.68 bits per heavy atom. The summed E-state index contributed by atoms with van der Waals surface area (Å²) in [5.41, 5.74) is 0. The van der Waals surface area contributed by atoms with E-state index >= 15 is 0 Å². The minimum Gasteiger partial charge on any atom is -0.479 e. The maximum atomic E-state index is 12.8. The first-order chi connectivity index (χ1) is 10.3. The van der Waals surface area contributed by atoms with Gasteiger partial charge < -0.3 is 9.64 Å². The van der Waals surface area contributed by atoms with Gasteiger partial charge in [-0.1, -0.05) is 37.0 Å². The molecule has 1 aromatic rings. The Labute approximate surface area is 143 Å². The van der Waals surface area contributed by atoms with Gasteiger partial charge in [-0.25, -0.2) is 0 Å². The Balaban J connectivity index is 2.89. The highest BCUT2D eigenvalue weighted by atomic mass is 35.5. The van der Waals surface area contributed by atoms with Gasteiger partial charge in [-0.2, -0.15) is 0 Å². The van der Waals surface area contributed by atoms with Crippen molar-refractivity contribution < 1.29 is 9.53 Å². The minimum absolute atomic E-state index is 0.0188. The predicted molar refractivity (Wildman–Crippen MR) is 92.9 cm³/mol. The molecule has 22 heavy (non-hydrogen) atoms. The molecule has 3 nitrogen and oxygen atoms in total. The maximum absolute atomic E-state index is 12.8. The van der Waals surface area contributed by atoms with Crippen molar-refractivity contribution in [1.29, 1.82) is 0 Å². The van der Waals surface area contributed by atoms with E-state index in [1.165, 1.54) is 0 Å². The monoisotopic (exact) mass is 345 g/mol. The Bertz CT molecular complexity index is 497. The minimum atomic E-state index is -0.596. The summed E-state index contributed by atoms with van der Waals surface area (Å²) in [5, 5.41) is 0.947. The number of amides is 1. The summed E-state index contributed by atoms with van der Waals surface area (Å²) in [4.78, 5) is 14.7. The van der Waals surface area contributed by atoms with Gasteiger partial charge in [-0.3, -0.25) is 4.79 Å². The van der Waals surface area contributed by atoms with Gasteiger partial charge in [-0.15, -0.1) is 0 Å². The lowest BCUT2D eigenvalue weighted by Crippen LogP contribution is -2.49. The SMILES string of the molecule is CCC(C)N(C(=O)C(C)Oc1ccc(Cl)cc1Cl)C(C)CC. The molecule has 0 saturated carbocycles. The number of halogens is 2. The Morgan fingerprint density at radius 1 is 1.14 bits per heavy atom.